The maximum absolute atomic E-state index is 13.6. The smallest absolute Gasteiger partial charge is 0.123 e. The third-order valence-electron chi connectivity index (χ3n) is 3.82. The Labute approximate surface area is 146 Å². The highest BCUT2D eigenvalue weighted by molar-refractivity contribution is 5.72. The molecule has 2 unspecified atom stereocenters. The van der Waals surface area contributed by atoms with Crippen LogP contribution in [0.3, 0.4) is 0 Å². The van der Waals surface area contributed by atoms with Crippen molar-refractivity contribution in [2.75, 3.05) is 5.43 Å². The predicted molar refractivity (Wildman–Crippen MR) is 105 cm³/mol. The third kappa shape index (κ3) is 5.97. The number of hydrazine groups is 1. The van der Waals surface area contributed by atoms with Crippen LogP contribution < -0.4 is 10.9 Å². The molecule has 0 saturated carbocycles. The van der Waals surface area contributed by atoms with Gasteiger partial charge in [-0.25, -0.2) is 9.82 Å². The number of anilines is 1. The maximum atomic E-state index is 13.6. The summed E-state index contributed by atoms with van der Waals surface area (Å²) in [6.07, 6.45) is 8.90. The molecule has 2 rings (SSSR count). The van der Waals surface area contributed by atoms with Gasteiger partial charge in [0.2, 0.25) is 0 Å². The molecular weight excluding hydrogens is 299 g/mol. The third-order valence-corrected chi connectivity index (χ3v) is 3.82. The summed E-state index contributed by atoms with van der Waals surface area (Å²) in [5.41, 5.74) is 10.9. The van der Waals surface area contributed by atoms with E-state index in [9.17, 15) is 4.39 Å². The van der Waals surface area contributed by atoms with Gasteiger partial charge in [-0.15, -0.1) is 6.58 Å². The molecule has 0 bridgehead atoms. The second-order valence-electron chi connectivity index (χ2n) is 5.71. The summed E-state index contributed by atoms with van der Waals surface area (Å²) in [5, 5.41) is 0. The molecule has 132 valence electrons. The Balaban J connectivity index is 0.00000139. The molecule has 2 atom stereocenters. The second kappa shape index (κ2) is 10.8. The molecule has 1 aromatic carbocycles. The molecule has 2 nitrogen and oxygen atoms in total. The van der Waals surface area contributed by atoms with Crippen molar-refractivity contribution in [3.05, 3.63) is 60.2 Å². The Morgan fingerprint density at radius 2 is 2.12 bits per heavy atom. The van der Waals surface area contributed by atoms with Gasteiger partial charge in [0, 0.05) is 12.5 Å². The van der Waals surface area contributed by atoms with E-state index in [2.05, 4.69) is 42.6 Å². The number of rotatable bonds is 7. The number of alkyl halides is 1. The largest absolute Gasteiger partial charge is 0.321 e. The summed E-state index contributed by atoms with van der Waals surface area (Å²) in [5.74, 6) is 0. The fourth-order valence-corrected chi connectivity index (χ4v) is 2.48. The lowest BCUT2D eigenvalue weighted by Gasteiger charge is -2.18. The number of nitrogens with one attached hydrogen (secondary N) is 2. The number of hydrogen-bond acceptors (Lipinski definition) is 2. The summed E-state index contributed by atoms with van der Waals surface area (Å²) in [6.45, 7) is 12.0. The fraction of sp³-hybridized carbons (Fsp3) is 0.429. The molecule has 3 heteroatoms. The van der Waals surface area contributed by atoms with Crippen LogP contribution in [0, 0.1) is 0 Å². The number of allylic oxidation sites excluding steroid dienone is 4. The van der Waals surface area contributed by atoms with Crippen LogP contribution in [0.15, 0.2) is 49.1 Å². The molecule has 0 fully saturated rings. The molecule has 0 heterocycles. The predicted octanol–water partition coefficient (Wildman–Crippen LogP) is 5.84. The van der Waals surface area contributed by atoms with Crippen LogP contribution in [0.5, 0.6) is 0 Å². The van der Waals surface area contributed by atoms with Gasteiger partial charge in [-0.05, 0) is 36.1 Å². The lowest BCUT2D eigenvalue weighted by Crippen LogP contribution is -2.30. The monoisotopic (exact) mass is 330 g/mol. The first-order chi connectivity index (χ1) is 11.6. The van der Waals surface area contributed by atoms with Crippen molar-refractivity contribution < 1.29 is 4.39 Å². The number of halogens is 1. The average molecular weight is 330 g/mol. The van der Waals surface area contributed by atoms with Crippen molar-refractivity contribution in [2.24, 2.45) is 0 Å². The topological polar surface area (TPSA) is 24.1 Å². The van der Waals surface area contributed by atoms with Gasteiger partial charge < -0.3 is 5.43 Å². The van der Waals surface area contributed by atoms with Gasteiger partial charge in [0.25, 0.3) is 0 Å². The SMILES string of the molecule is C=CC(C)NNc1cc(C2=CC=CC(F)C2)ccc1CCC.CC. The van der Waals surface area contributed by atoms with E-state index in [-0.39, 0.29) is 6.04 Å². The van der Waals surface area contributed by atoms with E-state index in [0.717, 1.165) is 29.7 Å². The Kier molecular flexibility index (Phi) is 9.10. The Hall–Kier alpha value is -1.87. The van der Waals surface area contributed by atoms with Gasteiger partial charge >= 0.3 is 0 Å². The Morgan fingerprint density at radius 3 is 2.75 bits per heavy atom. The van der Waals surface area contributed by atoms with E-state index in [4.69, 9.17) is 0 Å². The molecule has 0 radical (unpaired) electrons. The van der Waals surface area contributed by atoms with Crippen molar-refractivity contribution in [1.82, 2.24) is 5.43 Å². The van der Waals surface area contributed by atoms with Crippen molar-refractivity contribution in [2.45, 2.75) is 59.2 Å². The normalized spacial score (nSPS) is 17.4. The molecule has 0 spiro atoms. The number of benzene rings is 1. The molecule has 0 aromatic heterocycles. The Morgan fingerprint density at radius 1 is 1.38 bits per heavy atom. The van der Waals surface area contributed by atoms with Gasteiger partial charge in [-0.3, -0.25) is 0 Å². The molecule has 24 heavy (non-hydrogen) atoms. The summed E-state index contributed by atoms with van der Waals surface area (Å²) in [4.78, 5) is 0. The molecule has 0 aliphatic heterocycles. The van der Waals surface area contributed by atoms with Crippen LogP contribution in [-0.4, -0.2) is 12.2 Å². The van der Waals surface area contributed by atoms with E-state index in [1.165, 1.54) is 5.56 Å². The average Bonchev–Trinajstić information content (AvgIpc) is 2.62. The molecule has 2 N–H and O–H groups in total. The van der Waals surface area contributed by atoms with Crippen LogP contribution in [0.2, 0.25) is 0 Å². The molecule has 1 aliphatic carbocycles. The van der Waals surface area contributed by atoms with Gasteiger partial charge in [-0.2, -0.15) is 0 Å². The minimum absolute atomic E-state index is 0.171. The lowest BCUT2D eigenvalue weighted by atomic mass is 9.94. The Bertz CT molecular complexity index is 575. The number of hydrogen-bond donors (Lipinski definition) is 2. The van der Waals surface area contributed by atoms with E-state index in [0.29, 0.717) is 6.42 Å². The summed E-state index contributed by atoms with van der Waals surface area (Å²) in [7, 11) is 0. The fourth-order valence-electron chi connectivity index (χ4n) is 2.48. The van der Waals surface area contributed by atoms with Crippen molar-refractivity contribution in [1.29, 1.82) is 0 Å². The molecule has 1 aliphatic rings. The van der Waals surface area contributed by atoms with Crippen molar-refractivity contribution >= 4 is 11.3 Å². The zero-order valence-corrected chi connectivity index (χ0v) is 15.4. The zero-order valence-electron chi connectivity index (χ0n) is 15.4. The minimum Gasteiger partial charge on any atom is -0.321 e. The summed E-state index contributed by atoms with van der Waals surface area (Å²) < 4.78 is 13.6. The summed E-state index contributed by atoms with van der Waals surface area (Å²) >= 11 is 0. The lowest BCUT2D eigenvalue weighted by molar-refractivity contribution is 0.406. The van der Waals surface area contributed by atoms with Gasteiger partial charge in [0.1, 0.15) is 6.17 Å². The number of aryl methyl sites for hydroxylation is 1. The highest BCUT2D eigenvalue weighted by Gasteiger charge is 2.13. The van der Waals surface area contributed by atoms with Crippen LogP contribution >= 0.6 is 0 Å². The molecule has 0 amide bonds. The quantitative estimate of drug-likeness (QED) is 0.485. The standard InChI is InChI=1S/C19H25FN2.C2H6/c1-4-7-15-10-11-17(16-8-6-9-18(20)12-16)13-19(15)22-21-14(3)5-2;1-2/h5-6,8-11,13-14,18,21-22H,2,4,7,12H2,1,3H3;1-2H3. The second-order valence-corrected chi connectivity index (χ2v) is 5.71. The first kappa shape index (κ1) is 20.2. The highest BCUT2D eigenvalue weighted by atomic mass is 19.1. The van der Waals surface area contributed by atoms with Crippen LogP contribution in [0.25, 0.3) is 5.57 Å². The van der Waals surface area contributed by atoms with E-state index in [1.54, 1.807) is 12.2 Å². The first-order valence-electron chi connectivity index (χ1n) is 8.92. The van der Waals surface area contributed by atoms with Crippen LogP contribution in [-0.2, 0) is 6.42 Å². The van der Waals surface area contributed by atoms with Gasteiger partial charge in [-0.1, -0.05) is 63.6 Å². The molecule has 0 saturated heterocycles. The van der Waals surface area contributed by atoms with E-state index in [1.807, 2.05) is 32.9 Å². The van der Waals surface area contributed by atoms with E-state index >= 15 is 0 Å². The molecular formula is C21H31FN2. The van der Waals surface area contributed by atoms with Crippen molar-refractivity contribution in [3.63, 3.8) is 0 Å². The van der Waals surface area contributed by atoms with Gasteiger partial charge in [0.05, 0.1) is 5.69 Å². The van der Waals surface area contributed by atoms with Gasteiger partial charge in [0.15, 0.2) is 0 Å². The van der Waals surface area contributed by atoms with E-state index < -0.39 is 6.17 Å². The summed E-state index contributed by atoms with van der Waals surface area (Å²) in [6, 6.07) is 6.50. The molecule has 1 aromatic rings. The van der Waals surface area contributed by atoms with Crippen LogP contribution in [0.4, 0.5) is 10.1 Å². The van der Waals surface area contributed by atoms with Crippen molar-refractivity contribution in [3.8, 4) is 0 Å². The minimum atomic E-state index is -0.884. The maximum Gasteiger partial charge on any atom is 0.123 e. The van der Waals surface area contributed by atoms with Crippen LogP contribution in [0.1, 0.15) is 51.7 Å². The first-order valence-corrected chi connectivity index (χ1v) is 8.92. The highest BCUT2D eigenvalue weighted by Crippen LogP contribution is 2.29. The zero-order chi connectivity index (χ0) is 17.9.